The first-order chi connectivity index (χ1) is 8.51. The average molecular weight is 254 g/mol. The molecular formula is C14H22O4. The zero-order valence-corrected chi connectivity index (χ0v) is 10.7. The van der Waals surface area contributed by atoms with E-state index >= 15 is 0 Å². The van der Waals surface area contributed by atoms with Crippen molar-refractivity contribution in [3.63, 3.8) is 0 Å². The van der Waals surface area contributed by atoms with E-state index < -0.39 is 17.2 Å². The van der Waals surface area contributed by atoms with Gasteiger partial charge in [-0.05, 0) is 25.2 Å². The summed E-state index contributed by atoms with van der Waals surface area (Å²) < 4.78 is 5.49. The van der Waals surface area contributed by atoms with Crippen molar-refractivity contribution in [2.75, 3.05) is 6.61 Å². The van der Waals surface area contributed by atoms with Gasteiger partial charge in [0.25, 0.3) is 0 Å². The number of carbonyl (C=O) groups excluding carboxylic acids is 1. The van der Waals surface area contributed by atoms with Crippen molar-refractivity contribution in [2.45, 2.75) is 56.1 Å². The van der Waals surface area contributed by atoms with Crippen molar-refractivity contribution in [1.82, 2.24) is 0 Å². The van der Waals surface area contributed by atoms with Gasteiger partial charge in [-0.25, -0.2) is 4.79 Å². The molecule has 0 aromatic heterocycles. The van der Waals surface area contributed by atoms with Gasteiger partial charge in [0, 0.05) is 25.5 Å². The van der Waals surface area contributed by atoms with E-state index in [9.17, 15) is 15.0 Å². The zero-order chi connectivity index (χ0) is 13.2. The van der Waals surface area contributed by atoms with E-state index in [4.69, 9.17) is 4.74 Å². The van der Waals surface area contributed by atoms with E-state index in [0.717, 1.165) is 38.2 Å². The Hall–Kier alpha value is -0.870. The average Bonchev–Trinajstić information content (AvgIpc) is 2.27. The third-order valence-corrected chi connectivity index (χ3v) is 4.29. The fraction of sp³-hybridized carbons (Fsp3) is 0.786. The number of esters is 1. The van der Waals surface area contributed by atoms with Crippen LogP contribution in [0.1, 0.15) is 44.9 Å². The van der Waals surface area contributed by atoms with Gasteiger partial charge in [0.15, 0.2) is 0 Å². The molecule has 2 saturated carbocycles. The summed E-state index contributed by atoms with van der Waals surface area (Å²) in [5.74, 6) is -0.0753. The molecule has 0 saturated heterocycles. The summed E-state index contributed by atoms with van der Waals surface area (Å²) >= 11 is 0. The summed E-state index contributed by atoms with van der Waals surface area (Å²) in [5, 5.41) is 19.8. The fourth-order valence-electron chi connectivity index (χ4n) is 3.77. The number of hydrogen-bond donors (Lipinski definition) is 2. The Labute approximate surface area is 108 Å². The predicted molar refractivity (Wildman–Crippen MR) is 66.9 cm³/mol. The molecule has 18 heavy (non-hydrogen) atoms. The van der Waals surface area contributed by atoms with Crippen LogP contribution in [0.15, 0.2) is 12.7 Å². The number of rotatable bonds is 4. The van der Waals surface area contributed by atoms with E-state index in [1.807, 2.05) is 0 Å². The zero-order valence-electron chi connectivity index (χ0n) is 10.7. The summed E-state index contributed by atoms with van der Waals surface area (Å²) in [4.78, 5) is 11.5. The Morgan fingerprint density at radius 2 is 2.28 bits per heavy atom. The standard InChI is InChI=1S/C14H22O4/c1-2-12(16)18-14(6-7-15)9-11-4-3-5-13(17,8-11)10-14/h2,11,15,17H,1,3-10H2. The largest absolute Gasteiger partial charge is 0.456 e. The first-order valence-electron chi connectivity index (χ1n) is 6.70. The number of hydrogen-bond acceptors (Lipinski definition) is 4. The third-order valence-electron chi connectivity index (χ3n) is 4.29. The second kappa shape index (κ2) is 5.02. The Morgan fingerprint density at radius 3 is 2.89 bits per heavy atom. The van der Waals surface area contributed by atoms with Crippen LogP contribution < -0.4 is 0 Å². The van der Waals surface area contributed by atoms with Gasteiger partial charge in [0.05, 0.1) is 5.60 Å². The molecule has 3 unspecified atom stereocenters. The Balaban J connectivity index is 2.18. The lowest BCUT2D eigenvalue weighted by molar-refractivity contribution is -0.183. The molecule has 4 nitrogen and oxygen atoms in total. The summed E-state index contributed by atoms with van der Waals surface area (Å²) in [6, 6.07) is 0. The Morgan fingerprint density at radius 1 is 1.50 bits per heavy atom. The molecule has 2 N–H and O–H groups in total. The molecule has 0 aromatic carbocycles. The molecule has 0 amide bonds. The van der Waals surface area contributed by atoms with Crippen molar-refractivity contribution < 1.29 is 19.7 Å². The van der Waals surface area contributed by atoms with Crippen LogP contribution in [0.4, 0.5) is 0 Å². The molecule has 2 aliphatic rings. The van der Waals surface area contributed by atoms with Gasteiger partial charge >= 0.3 is 5.97 Å². The lowest BCUT2D eigenvalue weighted by Crippen LogP contribution is -2.53. The molecule has 0 aromatic rings. The van der Waals surface area contributed by atoms with Crippen LogP contribution in [0.2, 0.25) is 0 Å². The highest BCUT2D eigenvalue weighted by Gasteiger charge is 2.50. The summed E-state index contributed by atoms with van der Waals surface area (Å²) in [5.41, 5.74) is -1.43. The highest BCUT2D eigenvalue weighted by molar-refractivity contribution is 5.81. The number of fused-ring (bicyclic) bond motifs is 2. The van der Waals surface area contributed by atoms with Crippen molar-refractivity contribution in [2.24, 2.45) is 5.92 Å². The Kier molecular flexibility index (Phi) is 3.78. The van der Waals surface area contributed by atoms with E-state index in [1.165, 1.54) is 0 Å². The fourth-order valence-corrected chi connectivity index (χ4v) is 3.77. The van der Waals surface area contributed by atoms with Gasteiger partial charge in [-0.15, -0.1) is 0 Å². The molecule has 0 heterocycles. The summed E-state index contributed by atoms with van der Waals surface area (Å²) in [6.45, 7) is 3.37. The number of ether oxygens (including phenoxy) is 1. The van der Waals surface area contributed by atoms with Crippen molar-refractivity contribution >= 4 is 5.97 Å². The van der Waals surface area contributed by atoms with Crippen LogP contribution in [0, 0.1) is 5.92 Å². The van der Waals surface area contributed by atoms with Gasteiger partial charge in [-0.1, -0.05) is 19.4 Å². The molecule has 0 radical (unpaired) electrons. The quantitative estimate of drug-likeness (QED) is 0.590. The van der Waals surface area contributed by atoms with Crippen LogP contribution in [0.5, 0.6) is 0 Å². The Bertz CT molecular complexity index is 341. The lowest BCUT2D eigenvalue weighted by atomic mass is 9.62. The van der Waals surface area contributed by atoms with E-state index in [0.29, 0.717) is 18.8 Å². The molecule has 102 valence electrons. The molecular weight excluding hydrogens is 232 g/mol. The summed E-state index contributed by atoms with van der Waals surface area (Å²) in [6.07, 6.45) is 6.39. The maximum absolute atomic E-state index is 11.5. The monoisotopic (exact) mass is 254 g/mol. The van der Waals surface area contributed by atoms with Gasteiger partial charge in [-0.2, -0.15) is 0 Å². The number of carbonyl (C=O) groups is 1. The molecule has 2 fully saturated rings. The van der Waals surface area contributed by atoms with Gasteiger partial charge in [0.1, 0.15) is 5.60 Å². The van der Waals surface area contributed by atoms with Crippen LogP contribution in [0.25, 0.3) is 0 Å². The highest BCUT2D eigenvalue weighted by atomic mass is 16.6. The van der Waals surface area contributed by atoms with Crippen molar-refractivity contribution in [3.8, 4) is 0 Å². The molecule has 2 rings (SSSR count). The van der Waals surface area contributed by atoms with E-state index in [-0.39, 0.29) is 6.61 Å². The third kappa shape index (κ3) is 2.75. The SMILES string of the molecule is C=CC(=O)OC1(CCO)CC2CCCC(O)(C2)C1. The minimum atomic E-state index is -0.724. The normalized spacial score (nSPS) is 39.1. The van der Waals surface area contributed by atoms with Crippen molar-refractivity contribution in [1.29, 1.82) is 0 Å². The number of aliphatic hydroxyl groups is 2. The first kappa shape index (κ1) is 13.6. The van der Waals surface area contributed by atoms with Crippen LogP contribution >= 0.6 is 0 Å². The van der Waals surface area contributed by atoms with Gasteiger partial charge < -0.3 is 14.9 Å². The molecule has 2 aliphatic carbocycles. The molecule has 4 heteroatoms. The van der Waals surface area contributed by atoms with Gasteiger partial charge in [-0.3, -0.25) is 0 Å². The van der Waals surface area contributed by atoms with Crippen molar-refractivity contribution in [3.05, 3.63) is 12.7 Å². The molecule has 0 aliphatic heterocycles. The maximum atomic E-state index is 11.5. The topological polar surface area (TPSA) is 66.8 Å². The number of aliphatic hydroxyl groups excluding tert-OH is 1. The minimum Gasteiger partial charge on any atom is -0.456 e. The van der Waals surface area contributed by atoms with Crippen LogP contribution in [-0.4, -0.2) is 34.0 Å². The molecule has 3 atom stereocenters. The highest BCUT2D eigenvalue weighted by Crippen LogP contribution is 2.49. The van der Waals surface area contributed by atoms with Gasteiger partial charge in [0.2, 0.25) is 0 Å². The molecule has 2 bridgehead atoms. The smallest absolute Gasteiger partial charge is 0.330 e. The maximum Gasteiger partial charge on any atom is 0.330 e. The molecule has 0 spiro atoms. The first-order valence-corrected chi connectivity index (χ1v) is 6.70. The second-order valence-electron chi connectivity index (χ2n) is 5.85. The lowest BCUT2D eigenvalue weighted by Gasteiger charge is -2.50. The summed E-state index contributed by atoms with van der Waals surface area (Å²) in [7, 11) is 0. The second-order valence-corrected chi connectivity index (χ2v) is 5.85. The van der Waals surface area contributed by atoms with Crippen LogP contribution in [-0.2, 0) is 9.53 Å². The minimum absolute atomic E-state index is 0.0345. The predicted octanol–water partition coefficient (Wildman–Crippen LogP) is 1.55. The van der Waals surface area contributed by atoms with E-state index in [1.54, 1.807) is 0 Å². The van der Waals surface area contributed by atoms with Crippen LogP contribution in [0.3, 0.4) is 0 Å². The van der Waals surface area contributed by atoms with E-state index in [2.05, 4.69) is 6.58 Å².